The summed E-state index contributed by atoms with van der Waals surface area (Å²) in [4.78, 5) is 17.5. The number of hydrogen-bond donors (Lipinski definition) is 2. The zero-order valence-corrected chi connectivity index (χ0v) is 29.0. The van der Waals surface area contributed by atoms with Crippen LogP contribution in [0.4, 0.5) is 27.8 Å². The van der Waals surface area contributed by atoms with E-state index in [0.29, 0.717) is 37.7 Å². The molecule has 0 radical (unpaired) electrons. The summed E-state index contributed by atoms with van der Waals surface area (Å²) in [5.41, 5.74) is -2.18. The van der Waals surface area contributed by atoms with Crippen molar-refractivity contribution in [3.8, 4) is 41.2 Å². The van der Waals surface area contributed by atoms with Crippen molar-refractivity contribution in [2.75, 3.05) is 44.8 Å². The van der Waals surface area contributed by atoms with Crippen LogP contribution in [-0.2, 0) is 0 Å². The van der Waals surface area contributed by atoms with E-state index >= 15 is 4.39 Å². The maximum atomic E-state index is 17.1. The summed E-state index contributed by atoms with van der Waals surface area (Å²) in [6.45, 7) is 2.93. The minimum Gasteiger partial charge on any atom is -0.508 e. The molecule has 3 unspecified atom stereocenters. The van der Waals surface area contributed by atoms with Crippen LogP contribution in [0.3, 0.4) is 0 Å². The molecule has 0 amide bonds. The van der Waals surface area contributed by atoms with E-state index in [1.165, 1.54) is 31.4 Å². The standard InChI is InChI=1S/C38H40F5N5O4/c1-4-24-26(39)10-9-22-18-23(49)19-25(28(22)24)31-30(40)32-29(34(44-31)51-3)33(48-16-6-11-36(2,50)20-48)46-35(45-32)52-21-37-12-5-8-27(37)47(15-7-13-37)17-14-38(41,42)43/h1,9-10,18-19,27,49-50H,5-8,11-17,20-21H2,2-3H3. The number of terminal acetylenes is 1. The number of likely N-dealkylation sites (tertiary alicyclic amines) is 1. The second-order valence-electron chi connectivity index (χ2n) is 14.6. The Hall–Kier alpha value is -4.48. The van der Waals surface area contributed by atoms with Crippen molar-refractivity contribution in [1.82, 2.24) is 19.9 Å². The van der Waals surface area contributed by atoms with Crippen molar-refractivity contribution in [2.24, 2.45) is 5.41 Å². The molecule has 4 heterocycles. The summed E-state index contributed by atoms with van der Waals surface area (Å²) in [5.74, 6) is 0.621. The van der Waals surface area contributed by atoms with Gasteiger partial charge in [0.1, 0.15) is 34.0 Å². The Morgan fingerprint density at radius 2 is 1.81 bits per heavy atom. The number of rotatable bonds is 8. The second-order valence-corrected chi connectivity index (χ2v) is 14.6. The third-order valence-corrected chi connectivity index (χ3v) is 10.9. The minimum atomic E-state index is -4.26. The van der Waals surface area contributed by atoms with Crippen molar-refractivity contribution in [1.29, 1.82) is 0 Å². The summed E-state index contributed by atoms with van der Waals surface area (Å²) in [6.07, 6.45) is 5.50. The van der Waals surface area contributed by atoms with Crippen LogP contribution in [-0.4, -0.2) is 87.8 Å². The van der Waals surface area contributed by atoms with E-state index in [1.807, 2.05) is 4.90 Å². The number of aromatic nitrogens is 3. The van der Waals surface area contributed by atoms with E-state index in [4.69, 9.17) is 20.9 Å². The highest BCUT2D eigenvalue weighted by Crippen LogP contribution is 2.49. The smallest absolute Gasteiger partial charge is 0.390 e. The van der Waals surface area contributed by atoms with Gasteiger partial charge in [-0.15, -0.1) is 6.42 Å². The van der Waals surface area contributed by atoms with Crippen LogP contribution in [0, 0.1) is 29.4 Å². The number of piperidine rings is 2. The van der Waals surface area contributed by atoms with Gasteiger partial charge in [0, 0.05) is 42.0 Å². The molecule has 9 nitrogen and oxygen atoms in total. The van der Waals surface area contributed by atoms with E-state index in [-0.39, 0.29) is 82.3 Å². The highest BCUT2D eigenvalue weighted by molar-refractivity contribution is 6.04. The Morgan fingerprint density at radius 1 is 1.04 bits per heavy atom. The van der Waals surface area contributed by atoms with Crippen molar-refractivity contribution in [2.45, 2.75) is 76.1 Å². The molecule has 2 N–H and O–H groups in total. The number of hydrogen-bond acceptors (Lipinski definition) is 9. The fourth-order valence-corrected chi connectivity index (χ4v) is 8.64. The zero-order chi connectivity index (χ0) is 37.0. The topological polar surface area (TPSA) is 104 Å². The summed E-state index contributed by atoms with van der Waals surface area (Å²) in [5, 5.41) is 22.3. The van der Waals surface area contributed by atoms with Gasteiger partial charge in [0.15, 0.2) is 5.82 Å². The lowest BCUT2D eigenvalue weighted by molar-refractivity contribution is -0.142. The number of phenolic OH excluding ortho intramolecular Hbond substituents is 1. The SMILES string of the molecule is C#Cc1c(F)ccc2cc(O)cc(-c3nc(OC)c4c(N5CCCC(C)(O)C5)nc(OCC56CCCC5N(CCC(F)(F)F)CCC6)nc4c3F)c12. The Labute approximate surface area is 297 Å². The second kappa shape index (κ2) is 13.5. The fourth-order valence-electron chi connectivity index (χ4n) is 8.64. The summed E-state index contributed by atoms with van der Waals surface area (Å²) in [7, 11) is 1.35. The molecule has 4 aromatic rings. The summed E-state index contributed by atoms with van der Waals surface area (Å²) < 4.78 is 83.7. The molecular formula is C38H40F5N5O4. The largest absolute Gasteiger partial charge is 0.508 e. The third kappa shape index (κ3) is 6.65. The molecule has 0 bridgehead atoms. The number of pyridine rings is 1. The number of benzene rings is 2. The van der Waals surface area contributed by atoms with E-state index < -0.39 is 35.2 Å². The van der Waals surface area contributed by atoms with Gasteiger partial charge in [0.2, 0.25) is 5.88 Å². The molecule has 2 aromatic carbocycles. The van der Waals surface area contributed by atoms with E-state index in [0.717, 1.165) is 25.7 Å². The number of methoxy groups -OCH3 is 1. The minimum absolute atomic E-state index is 0.0116. The van der Waals surface area contributed by atoms with Gasteiger partial charge in [-0.1, -0.05) is 18.4 Å². The van der Waals surface area contributed by atoms with Crippen LogP contribution in [0.2, 0.25) is 0 Å². The van der Waals surface area contributed by atoms with Gasteiger partial charge in [-0.2, -0.15) is 23.1 Å². The molecule has 3 atom stereocenters. The van der Waals surface area contributed by atoms with Gasteiger partial charge < -0.3 is 24.6 Å². The molecular weight excluding hydrogens is 685 g/mol. The zero-order valence-electron chi connectivity index (χ0n) is 29.0. The van der Waals surface area contributed by atoms with Gasteiger partial charge >= 0.3 is 12.2 Å². The average Bonchev–Trinajstić information content (AvgIpc) is 3.54. The highest BCUT2D eigenvalue weighted by Gasteiger charge is 2.49. The Kier molecular flexibility index (Phi) is 9.32. The lowest BCUT2D eigenvalue weighted by atomic mass is 9.75. The monoisotopic (exact) mass is 725 g/mol. The van der Waals surface area contributed by atoms with Crippen molar-refractivity contribution in [3.63, 3.8) is 0 Å². The first-order chi connectivity index (χ1) is 24.7. The normalized spacial score (nSPS) is 23.9. The molecule has 52 heavy (non-hydrogen) atoms. The van der Waals surface area contributed by atoms with Gasteiger partial charge in [-0.25, -0.2) is 13.8 Å². The van der Waals surface area contributed by atoms with Gasteiger partial charge in [-0.3, -0.25) is 4.90 Å². The highest BCUT2D eigenvalue weighted by atomic mass is 19.4. The molecule has 14 heteroatoms. The van der Waals surface area contributed by atoms with Gasteiger partial charge in [0.25, 0.3) is 0 Å². The van der Waals surface area contributed by atoms with Crippen molar-refractivity contribution >= 4 is 27.5 Å². The maximum absolute atomic E-state index is 17.1. The molecule has 1 saturated carbocycles. The molecule has 1 aliphatic carbocycles. The van der Waals surface area contributed by atoms with Crippen LogP contribution >= 0.6 is 0 Å². The van der Waals surface area contributed by atoms with Crippen LogP contribution in [0.5, 0.6) is 17.6 Å². The number of anilines is 1. The number of phenols is 1. The van der Waals surface area contributed by atoms with Crippen LogP contribution in [0.1, 0.15) is 63.9 Å². The lowest BCUT2D eigenvalue weighted by Gasteiger charge is -2.46. The van der Waals surface area contributed by atoms with Gasteiger partial charge in [0.05, 0.1) is 31.3 Å². The third-order valence-electron chi connectivity index (χ3n) is 10.9. The maximum Gasteiger partial charge on any atom is 0.390 e. The summed E-state index contributed by atoms with van der Waals surface area (Å²) in [6, 6.07) is 4.94. The van der Waals surface area contributed by atoms with E-state index in [9.17, 15) is 27.8 Å². The Bertz CT molecular complexity index is 2070. The lowest BCUT2D eigenvalue weighted by Crippen LogP contribution is -2.52. The van der Waals surface area contributed by atoms with Crippen LogP contribution in [0.15, 0.2) is 24.3 Å². The average molecular weight is 726 g/mol. The predicted octanol–water partition coefficient (Wildman–Crippen LogP) is 7.14. The molecule has 0 spiro atoms. The first-order valence-electron chi connectivity index (χ1n) is 17.5. The van der Waals surface area contributed by atoms with E-state index in [2.05, 4.69) is 15.9 Å². The number of halogens is 5. The summed E-state index contributed by atoms with van der Waals surface area (Å²) >= 11 is 0. The number of ether oxygens (including phenoxy) is 2. The van der Waals surface area contributed by atoms with Crippen molar-refractivity contribution < 1.29 is 41.6 Å². The first kappa shape index (κ1) is 35.9. The molecule has 3 fully saturated rings. The van der Waals surface area contributed by atoms with Gasteiger partial charge in [-0.05, 0) is 75.6 Å². The molecule has 3 aliphatic rings. The number of β-amino-alcohol motifs (C(OH)–C–C–N with tert-alkyl or cyclic N) is 1. The molecule has 2 aromatic heterocycles. The molecule has 7 rings (SSSR count). The fraction of sp³-hybridized carbons (Fsp3) is 0.500. The Balaban J connectivity index is 1.36. The molecule has 2 aliphatic heterocycles. The van der Waals surface area contributed by atoms with Crippen molar-refractivity contribution in [3.05, 3.63) is 41.5 Å². The predicted molar refractivity (Wildman–Crippen MR) is 185 cm³/mol. The quantitative estimate of drug-likeness (QED) is 0.145. The number of alkyl halides is 3. The number of fused-ring (bicyclic) bond motifs is 3. The van der Waals surface area contributed by atoms with Crippen LogP contribution < -0.4 is 14.4 Å². The molecule has 2 saturated heterocycles. The number of nitrogens with zero attached hydrogens (tertiary/aromatic N) is 5. The first-order valence-corrected chi connectivity index (χ1v) is 17.5. The van der Waals surface area contributed by atoms with Crippen LogP contribution in [0.25, 0.3) is 32.9 Å². The molecule has 276 valence electrons. The number of aromatic hydroxyl groups is 1. The Morgan fingerprint density at radius 3 is 2.54 bits per heavy atom. The number of aliphatic hydroxyl groups is 1. The van der Waals surface area contributed by atoms with E-state index in [1.54, 1.807) is 11.8 Å².